The summed E-state index contributed by atoms with van der Waals surface area (Å²) in [4.78, 5) is 12.2. The zero-order chi connectivity index (χ0) is 17.0. The number of benzene rings is 2. The summed E-state index contributed by atoms with van der Waals surface area (Å²) < 4.78 is 27.8. The van der Waals surface area contributed by atoms with E-state index >= 15 is 0 Å². The van der Waals surface area contributed by atoms with Crippen LogP contribution < -0.4 is 15.2 Å². The highest BCUT2D eigenvalue weighted by atomic mass is 35.5. The minimum Gasteiger partial charge on any atom is -0.496 e. The van der Waals surface area contributed by atoms with Crippen molar-refractivity contribution < 1.29 is 17.9 Å². The van der Waals surface area contributed by atoms with Crippen molar-refractivity contribution in [1.29, 1.82) is 0 Å². The summed E-state index contributed by atoms with van der Waals surface area (Å²) in [5.74, 6) is -0.00666. The summed E-state index contributed by atoms with van der Waals surface area (Å²) >= 11 is 5.85. The molecule has 2 aromatic carbocycles. The van der Waals surface area contributed by atoms with Crippen LogP contribution in [-0.4, -0.2) is 21.4 Å². The number of carbonyl (C=O) groups is 1. The van der Waals surface area contributed by atoms with E-state index in [9.17, 15) is 13.2 Å². The average molecular weight is 355 g/mol. The van der Waals surface area contributed by atoms with Gasteiger partial charge in [-0.2, -0.15) is 0 Å². The number of rotatable bonds is 5. The maximum Gasteiger partial charge on any atom is 0.255 e. The van der Waals surface area contributed by atoms with Gasteiger partial charge in [-0.25, -0.2) is 13.6 Å². The van der Waals surface area contributed by atoms with E-state index in [-0.39, 0.29) is 17.3 Å². The van der Waals surface area contributed by atoms with Gasteiger partial charge in [-0.15, -0.1) is 0 Å². The van der Waals surface area contributed by atoms with Crippen molar-refractivity contribution in [2.45, 2.75) is 11.4 Å². The lowest BCUT2D eigenvalue weighted by Gasteiger charge is -2.10. The first-order valence-corrected chi connectivity index (χ1v) is 8.47. The summed E-state index contributed by atoms with van der Waals surface area (Å²) in [5, 5.41) is 8.23. The molecule has 6 nitrogen and oxygen atoms in total. The predicted octanol–water partition coefficient (Wildman–Crippen LogP) is 1.93. The van der Waals surface area contributed by atoms with E-state index in [0.29, 0.717) is 21.9 Å². The smallest absolute Gasteiger partial charge is 0.255 e. The highest BCUT2D eigenvalue weighted by Crippen LogP contribution is 2.23. The van der Waals surface area contributed by atoms with Crippen LogP contribution in [-0.2, 0) is 16.6 Å². The molecule has 0 unspecified atom stereocenters. The Labute approximate surface area is 139 Å². The number of halogens is 1. The molecule has 0 aliphatic heterocycles. The van der Waals surface area contributed by atoms with Crippen LogP contribution in [0.25, 0.3) is 0 Å². The monoisotopic (exact) mass is 354 g/mol. The number of carbonyl (C=O) groups excluding carboxylic acids is 1. The summed E-state index contributed by atoms with van der Waals surface area (Å²) in [6.45, 7) is 0.147. The average Bonchev–Trinajstić information content (AvgIpc) is 2.52. The highest BCUT2D eigenvalue weighted by molar-refractivity contribution is 7.89. The van der Waals surface area contributed by atoms with Crippen molar-refractivity contribution in [2.75, 3.05) is 7.11 Å². The standard InChI is InChI=1S/C15H15ClN2O4S/c1-22-14-8-11(16)5-6-13(14)15(19)18-9-10-3-2-4-12(7-10)23(17,20)21/h2-8H,9H2,1H3,(H,18,19)(H2,17,20,21). The summed E-state index contributed by atoms with van der Waals surface area (Å²) in [6.07, 6.45) is 0. The summed E-state index contributed by atoms with van der Waals surface area (Å²) in [6, 6.07) is 10.7. The molecule has 3 N–H and O–H groups in total. The largest absolute Gasteiger partial charge is 0.496 e. The highest BCUT2D eigenvalue weighted by Gasteiger charge is 2.13. The van der Waals surface area contributed by atoms with E-state index in [1.165, 1.54) is 25.3 Å². The fraction of sp³-hybridized carbons (Fsp3) is 0.133. The zero-order valence-electron chi connectivity index (χ0n) is 12.2. The first kappa shape index (κ1) is 17.3. The van der Waals surface area contributed by atoms with Crippen molar-refractivity contribution >= 4 is 27.5 Å². The SMILES string of the molecule is COc1cc(Cl)ccc1C(=O)NCc1cccc(S(N)(=O)=O)c1. The molecular formula is C15H15ClN2O4S. The second kappa shape index (κ2) is 6.99. The van der Waals surface area contributed by atoms with Crippen LogP contribution in [0.3, 0.4) is 0 Å². The van der Waals surface area contributed by atoms with E-state index in [2.05, 4.69) is 5.32 Å². The van der Waals surface area contributed by atoms with Crippen LogP contribution in [0.4, 0.5) is 0 Å². The Morgan fingerprint density at radius 2 is 2.00 bits per heavy atom. The zero-order valence-corrected chi connectivity index (χ0v) is 13.8. The summed E-state index contributed by atoms with van der Waals surface area (Å²) in [5.41, 5.74) is 0.942. The third kappa shape index (κ3) is 4.44. The van der Waals surface area contributed by atoms with Crippen LogP contribution in [0.2, 0.25) is 5.02 Å². The molecule has 2 aromatic rings. The Bertz CT molecular complexity index is 837. The first-order chi connectivity index (χ1) is 10.8. The second-order valence-corrected chi connectivity index (χ2v) is 6.72. The molecule has 0 heterocycles. The Kier molecular flexibility index (Phi) is 5.25. The van der Waals surface area contributed by atoms with Gasteiger partial charge in [0, 0.05) is 11.6 Å². The van der Waals surface area contributed by atoms with Crippen LogP contribution in [0.15, 0.2) is 47.4 Å². The normalized spacial score (nSPS) is 11.1. The number of methoxy groups -OCH3 is 1. The minimum absolute atomic E-state index is 0.00618. The van der Waals surface area contributed by atoms with Gasteiger partial charge in [-0.05, 0) is 35.9 Å². The molecule has 2 rings (SSSR count). The number of primary sulfonamides is 1. The van der Waals surface area contributed by atoms with Crippen molar-refractivity contribution in [3.8, 4) is 5.75 Å². The molecule has 0 saturated carbocycles. The third-order valence-electron chi connectivity index (χ3n) is 3.09. The lowest BCUT2D eigenvalue weighted by Crippen LogP contribution is -2.23. The van der Waals surface area contributed by atoms with Gasteiger partial charge >= 0.3 is 0 Å². The van der Waals surface area contributed by atoms with Crippen LogP contribution in [0, 0.1) is 0 Å². The Morgan fingerprint density at radius 3 is 2.65 bits per heavy atom. The summed E-state index contributed by atoms with van der Waals surface area (Å²) in [7, 11) is -2.34. The minimum atomic E-state index is -3.78. The number of amides is 1. The molecule has 0 aromatic heterocycles. The van der Waals surface area contributed by atoms with Gasteiger partial charge in [0.05, 0.1) is 17.6 Å². The Hall–Kier alpha value is -2.09. The molecule has 0 fully saturated rings. The number of nitrogens with two attached hydrogens (primary N) is 1. The molecule has 0 radical (unpaired) electrons. The molecule has 0 saturated heterocycles. The van der Waals surface area contributed by atoms with E-state index in [1.807, 2.05) is 0 Å². The molecule has 0 atom stereocenters. The lowest BCUT2D eigenvalue weighted by molar-refractivity contribution is 0.0948. The van der Waals surface area contributed by atoms with Crippen molar-refractivity contribution in [3.05, 3.63) is 58.6 Å². The van der Waals surface area contributed by atoms with Crippen molar-refractivity contribution in [1.82, 2.24) is 5.32 Å². The van der Waals surface area contributed by atoms with E-state index < -0.39 is 10.0 Å². The molecule has 0 aliphatic rings. The number of hydrogen-bond donors (Lipinski definition) is 2. The molecule has 0 bridgehead atoms. The van der Waals surface area contributed by atoms with Crippen molar-refractivity contribution in [2.24, 2.45) is 5.14 Å². The van der Waals surface area contributed by atoms with Gasteiger partial charge in [0.1, 0.15) is 5.75 Å². The van der Waals surface area contributed by atoms with E-state index in [0.717, 1.165) is 0 Å². The van der Waals surface area contributed by atoms with Gasteiger partial charge in [-0.3, -0.25) is 4.79 Å². The van der Waals surface area contributed by atoms with Crippen LogP contribution in [0.5, 0.6) is 5.75 Å². The van der Waals surface area contributed by atoms with Gasteiger partial charge in [0.15, 0.2) is 0 Å². The van der Waals surface area contributed by atoms with Gasteiger partial charge in [0.25, 0.3) is 5.91 Å². The molecule has 0 aliphatic carbocycles. The number of sulfonamides is 1. The Morgan fingerprint density at radius 1 is 1.26 bits per heavy atom. The van der Waals surface area contributed by atoms with Gasteiger partial charge < -0.3 is 10.1 Å². The molecule has 8 heteroatoms. The fourth-order valence-corrected chi connectivity index (χ4v) is 2.71. The van der Waals surface area contributed by atoms with Crippen LogP contribution >= 0.6 is 11.6 Å². The maximum atomic E-state index is 12.2. The molecule has 0 spiro atoms. The molecule has 122 valence electrons. The fourth-order valence-electron chi connectivity index (χ4n) is 1.96. The van der Waals surface area contributed by atoms with Crippen LogP contribution in [0.1, 0.15) is 15.9 Å². The van der Waals surface area contributed by atoms with Gasteiger partial charge in [-0.1, -0.05) is 23.7 Å². The maximum absolute atomic E-state index is 12.2. The van der Waals surface area contributed by atoms with E-state index in [1.54, 1.807) is 24.3 Å². The number of hydrogen-bond acceptors (Lipinski definition) is 4. The predicted molar refractivity (Wildman–Crippen MR) is 87.0 cm³/mol. The number of ether oxygens (including phenoxy) is 1. The number of nitrogens with one attached hydrogen (secondary N) is 1. The molecule has 23 heavy (non-hydrogen) atoms. The topological polar surface area (TPSA) is 98.5 Å². The van der Waals surface area contributed by atoms with E-state index in [4.69, 9.17) is 21.5 Å². The van der Waals surface area contributed by atoms with Gasteiger partial charge in [0.2, 0.25) is 10.0 Å². The Balaban J connectivity index is 2.14. The first-order valence-electron chi connectivity index (χ1n) is 6.55. The van der Waals surface area contributed by atoms with Crippen molar-refractivity contribution in [3.63, 3.8) is 0 Å². The molecule has 1 amide bonds. The quantitative estimate of drug-likeness (QED) is 0.857. The third-order valence-corrected chi connectivity index (χ3v) is 4.23. The lowest BCUT2D eigenvalue weighted by atomic mass is 10.1. The second-order valence-electron chi connectivity index (χ2n) is 4.72. The molecular weight excluding hydrogens is 340 g/mol.